The monoisotopic (exact) mass is 450 g/mol. The number of methoxy groups -OCH3 is 1. The van der Waals surface area contributed by atoms with Gasteiger partial charge in [0.15, 0.2) is 0 Å². The summed E-state index contributed by atoms with van der Waals surface area (Å²) in [5, 5.41) is 12.2. The first kappa shape index (κ1) is 21.0. The largest absolute Gasteiger partial charge is 0.383 e. The van der Waals surface area contributed by atoms with Crippen LogP contribution in [0.25, 0.3) is 0 Å². The molecule has 2 N–H and O–H groups in total. The molecule has 4 unspecified atom stereocenters. The zero-order valence-electron chi connectivity index (χ0n) is 16.0. The van der Waals surface area contributed by atoms with Crippen molar-refractivity contribution < 1.29 is 14.5 Å². The van der Waals surface area contributed by atoms with Gasteiger partial charge < -0.3 is 9.64 Å². The second-order valence-corrected chi connectivity index (χ2v) is 8.15. The molecule has 2 aliphatic heterocycles. The van der Waals surface area contributed by atoms with Gasteiger partial charge in [-0.05, 0) is 23.3 Å². The van der Waals surface area contributed by atoms with E-state index in [1.807, 2.05) is 12.1 Å². The van der Waals surface area contributed by atoms with Crippen LogP contribution in [0.3, 0.4) is 0 Å². The lowest BCUT2D eigenvalue weighted by atomic mass is 9.83. The number of hydrogen-bond donors (Lipinski definition) is 2. The second-order valence-electron chi connectivity index (χ2n) is 7.31. The smallest absolute Gasteiger partial charge is 0.269 e. The molecule has 8 nitrogen and oxygen atoms in total. The molecular formula is C20H20Cl2N4O4. The van der Waals surface area contributed by atoms with E-state index in [0.717, 1.165) is 11.1 Å². The maximum atomic E-state index is 13.2. The van der Waals surface area contributed by atoms with Crippen LogP contribution in [0, 0.1) is 16.0 Å². The lowest BCUT2D eigenvalue weighted by molar-refractivity contribution is -0.384. The van der Waals surface area contributed by atoms with Crippen molar-refractivity contribution in [1.82, 2.24) is 15.8 Å². The van der Waals surface area contributed by atoms with Crippen molar-refractivity contribution in [2.45, 2.75) is 18.1 Å². The summed E-state index contributed by atoms with van der Waals surface area (Å²) < 4.78 is 5.20. The van der Waals surface area contributed by atoms with Gasteiger partial charge in [0.25, 0.3) is 5.69 Å². The molecule has 0 bridgehead atoms. The summed E-state index contributed by atoms with van der Waals surface area (Å²) in [4.78, 5) is 25.8. The van der Waals surface area contributed by atoms with Gasteiger partial charge in [0, 0.05) is 41.8 Å². The Morgan fingerprint density at radius 1 is 1.17 bits per heavy atom. The maximum Gasteiger partial charge on any atom is 0.269 e. The van der Waals surface area contributed by atoms with E-state index in [4.69, 9.17) is 27.9 Å². The number of halogens is 2. The van der Waals surface area contributed by atoms with Gasteiger partial charge >= 0.3 is 0 Å². The molecule has 0 spiro atoms. The Balaban J connectivity index is 1.78. The normalized spacial score (nSPS) is 25.6. The Bertz CT molecular complexity index is 989. The summed E-state index contributed by atoms with van der Waals surface area (Å²) in [5.74, 6) is -0.316. The van der Waals surface area contributed by atoms with Crippen molar-refractivity contribution in [3.8, 4) is 0 Å². The quantitative estimate of drug-likeness (QED) is 0.517. The Hall–Kier alpha value is -2.23. The minimum atomic E-state index is -0.497. The minimum absolute atomic E-state index is 0.000567. The van der Waals surface area contributed by atoms with Gasteiger partial charge in [0.2, 0.25) is 5.91 Å². The number of rotatable bonds is 6. The van der Waals surface area contributed by atoms with Crippen LogP contribution in [0.1, 0.15) is 23.2 Å². The fourth-order valence-electron chi connectivity index (χ4n) is 4.37. The molecule has 4 atom stereocenters. The highest BCUT2D eigenvalue weighted by Crippen LogP contribution is 2.49. The first-order valence-electron chi connectivity index (χ1n) is 9.42. The molecule has 4 rings (SSSR count). The predicted molar refractivity (Wildman–Crippen MR) is 112 cm³/mol. The van der Waals surface area contributed by atoms with Crippen LogP contribution >= 0.6 is 23.2 Å². The average molecular weight is 451 g/mol. The summed E-state index contributed by atoms with van der Waals surface area (Å²) in [6.07, 6.45) is 0. The first-order chi connectivity index (χ1) is 14.4. The van der Waals surface area contributed by atoms with Crippen molar-refractivity contribution in [2.24, 2.45) is 5.92 Å². The molecule has 0 saturated carbocycles. The average Bonchev–Trinajstić information content (AvgIpc) is 3.26. The SMILES string of the molecule is COCCN1C(=O)C2NNC(c3cccc([N+](=O)[O-])c3)C2C1c1ccc(Cl)cc1Cl. The molecule has 0 aliphatic carbocycles. The Kier molecular flexibility index (Phi) is 5.95. The predicted octanol–water partition coefficient (Wildman–Crippen LogP) is 3.27. The molecule has 2 heterocycles. The Morgan fingerprint density at radius 2 is 1.93 bits per heavy atom. The van der Waals surface area contributed by atoms with Gasteiger partial charge in [-0.25, -0.2) is 10.9 Å². The van der Waals surface area contributed by atoms with Crippen LogP contribution in [0.5, 0.6) is 0 Å². The number of nitro groups is 1. The molecule has 2 fully saturated rings. The highest BCUT2D eigenvalue weighted by Gasteiger charge is 2.55. The van der Waals surface area contributed by atoms with Gasteiger partial charge in [0.1, 0.15) is 6.04 Å². The Labute approximate surface area is 183 Å². The number of non-ortho nitro benzene ring substituents is 1. The van der Waals surface area contributed by atoms with Crippen molar-refractivity contribution in [3.05, 3.63) is 73.8 Å². The highest BCUT2D eigenvalue weighted by atomic mass is 35.5. The van der Waals surface area contributed by atoms with E-state index in [-0.39, 0.29) is 29.6 Å². The molecule has 2 saturated heterocycles. The summed E-state index contributed by atoms with van der Waals surface area (Å²) in [5.41, 5.74) is 7.74. The summed E-state index contributed by atoms with van der Waals surface area (Å²) >= 11 is 12.6. The number of benzene rings is 2. The van der Waals surface area contributed by atoms with Crippen LogP contribution < -0.4 is 10.9 Å². The van der Waals surface area contributed by atoms with Crippen molar-refractivity contribution in [1.29, 1.82) is 0 Å². The number of nitrogens with zero attached hydrogens (tertiary/aromatic N) is 2. The molecule has 30 heavy (non-hydrogen) atoms. The lowest BCUT2D eigenvalue weighted by Gasteiger charge is -2.31. The molecule has 158 valence electrons. The van der Waals surface area contributed by atoms with E-state index in [9.17, 15) is 14.9 Å². The number of likely N-dealkylation sites (tertiary alicyclic amines) is 1. The van der Waals surface area contributed by atoms with Gasteiger partial charge in [0.05, 0.1) is 23.6 Å². The zero-order valence-corrected chi connectivity index (χ0v) is 17.6. The highest BCUT2D eigenvalue weighted by molar-refractivity contribution is 6.35. The standard InChI is InChI=1S/C20H20Cl2N4O4/c1-30-8-7-25-19(14-6-5-12(21)10-15(14)22)16-17(23-24-18(16)20(25)27)11-3-2-4-13(9-11)26(28)29/h2-6,9-10,16-19,23-24H,7-8H2,1H3. The number of nitrogens with one attached hydrogen (secondary N) is 2. The third kappa shape index (κ3) is 3.66. The van der Waals surface area contributed by atoms with Crippen LogP contribution in [-0.2, 0) is 9.53 Å². The molecule has 0 radical (unpaired) electrons. The number of amides is 1. The fraction of sp³-hybridized carbons (Fsp3) is 0.350. The number of hydrazine groups is 1. The van der Waals surface area contributed by atoms with E-state index in [1.54, 1.807) is 30.2 Å². The van der Waals surface area contributed by atoms with Crippen LogP contribution in [0.2, 0.25) is 10.0 Å². The van der Waals surface area contributed by atoms with Crippen molar-refractivity contribution >= 4 is 34.8 Å². The van der Waals surface area contributed by atoms with Gasteiger partial charge in [-0.1, -0.05) is 41.4 Å². The first-order valence-corrected chi connectivity index (χ1v) is 10.2. The molecule has 1 amide bonds. The number of ether oxygens (including phenoxy) is 1. The number of nitro benzene ring substituents is 1. The Morgan fingerprint density at radius 3 is 2.63 bits per heavy atom. The molecule has 0 aromatic heterocycles. The fourth-order valence-corrected chi connectivity index (χ4v) is 4.89. The lowest BCUT2D eigenvalue weighted by Crippen LogP contribution is -2.42. The molecule has 2 aromatic carbocycles. The number of carbonyl (C=O) groups excluding carboxylic acids is 1. The van der Waals surface area contributed by atoms with Gasteiger partial charge in [-0.3, -0.25) is 14.9 Å². The van der Waals surface area contributed by atoms with E-state index in [0.29, 0.717) is 23.2 Å². The van der Waals surface area contributed by atoms with E-state index in [1.165, 1.54) is 12.1 Å². The van der Waals surface area contributed by atoms with Crippen LogP contribution in [0.15, 0.2) is 42.5 Å². The van der Waals surface area contributed by atoms with E-state index < -0.39 is 11.0 Å². The number of hydrogen-bond acceptors (Lipinski definition) is 6. The van der Waals surface area contributed by atoms with Gasteiger partial charge in [-0.2, -0.15) is 0 Å². The third-order valence-electron chi connectivity index (χ3n) is 5.67. The zero-order chi connectivity index (χ0) is 21.4. The number of carbonyl (C=O) groups is 1. The number of fused-ring (bicyclic) bond motifs is 1. The minimum Gasteiger partial charge on any atom is -0.383 e. The van der Waals surface area contributed by atoms with Crippen LogP contribution in [0.4, 0.5) is 5.69 Å². The summed E-state index contributed by atoms with van der Waals surface area (Å²) in [6.45, 7) is 0.775. The van der Waals surface area contributed by atoms with Crippen LogP contribution in [-0.4, -0.2) is 42.0 Å². The third-order valence-corrected chi connectivity index (χ3v) is 6.23. The van der Waals surface area contributed by atoms with E-state index in [2.05, 4.69) is 10.9 Å². The molecule has 2 aliphatic rings. The van der Waals surface area contributed by atoms with Crippen molar-refractivity contribution in [3.63, 3.8) is 0 Å². The topological polar surface area (TPSA) is 96.7 Å². The van der Waals surface area contributed by atoms with Gasteiger partial charge in [-0.15, -0.1) is 0 Å². The molecule has 2 aromatic rings. The van der Waals surface area contributed by atoms with E-state index >= 15 is 0 Å². The molecule has 10 heteroatoms. The second kappa shape index (κ2) is 8.49. The maximum absolute atomic E-state index is 13.2. The molecular weight excluding hydrogens is 431 g/mol. The van der Waals surface area contributed by atoms with Crippen molar-refractivity contribution in [2.75, 3.05) is 20.3 Å². The summed E-state index contributed by atoms with van der Waals surface area (Å²) in [6, 6.07) is 10.5. The summed E-state index contributed by atoms with van der Waals surface area (Å²) in [7, 11) is 1.58.